The van der Waals surface area contributed by atoms with Crippen LogP contribution >= 0.6 is 27.0 Å². The molecule has 7 heteroatoms. The van der Waals surface area contributed by atoms with Crippen LogP contribution in [-0.4, -0.2) is 41.7 Å². The molecule has 30 heavy (non-hydrogen) atoms. The van der Waals surface area contributed by atoms with Crippen molar-refractivity contribution < 1.29 is 9.90 Å². The van der Waals surface area contributed by atoms with E-state index >= 15 is 0 Å². The molecule has 2 aromatic rings. The second kappa shape index (κ2) is 10.4. The zero-order valence-electron chi connectivity index (χ0n) is 16.8. The fraction of sp³-hybridized carbons (Fsp3) is 0.391. The fourth-order valence-corrected chi connectivity index (χ4v) is 4.10. The van der Waals surface area contributed by atoms with E-state index in [0.717, 1.165) is 36.9 Å². The Morgan fingerprint density at radius 1 is 1.20 bits per heavy atom. The van der Waals surface area contributed by atoms with Crippen molar-refractivity contribution in [3.63, 3.8) is 0 Å². The summed E-state index contributed by atoms with van der Waals surface area (Å²) in [6.45, 7) is 9.42. The molecule has 0 bridgehead atoms. The highest BCUT2D eigenvalue weighted by Gasteiger charge is 2.51. The average Bonchev–Trinajstić information content (AvgIpc) is 3.45. The highest BCUT2D eigenvalue weighted by atomic mass is 32.1. The lowest BCUT2D eigenvalue weighted by Gasteiger charge is -2.27. The first kappa shape index (κ1) is 24.3. The number of carbonyl (C=O) groups is 1. The third-order valence-corrected chi connectivity index (χ3v) is 5.91. The zero-order valence-corrected chi connectivity index (χ0v) is 18.8. The van der Waals surface area contributed by atoms with E-state index in [1.165, 1.54) is 0 Å². The number of benzene rings is 2. The van der Waals surface area contributed by atoms with Gasteiger partial charge in [0.2, 0.25) is 5.91 Å². The van der Waals surface area contributed by atoms with Crippen LogP contribution in [0.4, 0.5) is 5.69 Å². The van der Waals surface area contributed by atoms with Crippen molar-refractivity contribution in [1.29, 1.82) is 0 Å². The van der Waals surface area contributed by atoms with Crippen LogP contribution in [-0.2, 0) is 10.2 Å². The lowest BCUT2D eigenvalue weighted by Crippen LogP contribution is -2.42. The molecule has 0 spiro atoms. The summed E-state index contributed by atoms with van der Waals surface area (Å²) in [5.41, 5.74) is 2.06. The Bertz CT molecular complexity index is 897. The van der Waals surface area contributed by atoms with Gasteiger partial charge in [0, 0.05) is 19.6 Å². The van der Waals surface area contributed by atoms with E-state index in [9.17, 15) is 9.90 Å². The topological polar surface area (TPSA) is 56.9 Å². The van der Waals surface area contributed by atoms with Crippen molar-refractivity contribution in [3.05, 3.63) is 77.1 Å². The lowest BCUT2D eigenvalue weighted by molar-refractivity contribution is -0.124. The summed E-state index contributed by atoms with van der Waals surface area (Å²) in [5.74, 6) is 0.0308. The van der Waals surface area contributed by atoms with Gasteiger partial charge in [-0.05, 0) is 30.4 Å². The van der Waals surface area contributed by atoms with E-state index in [1.807, 2.05) is 48.5 Å². The standard InChI is InChI=1S/C23H25N3O2.2H2S/c1-24-19-9-5-8-18(14-19)23(11-12-23)22(28)25-21(17-6-3-2-4-7-17)16-26-13-10-20(27)15-26;;/h2-9,14,20-21,27H,10-13,15-16H2,(H,25,28);2*1H2/t20-,21+;;/m0../s1. The predicted octanol–water partition coefficient (Wildman–Crippen LogP) is 3.42. The van der Waals surface area contributed by atoms with E-state index in [2.05, 4.69) is 15.1 Å². The molecule has 1 aliphatic heterocycles. The van der Waals surface area contributed by atoms with Crippen molar-refractivity contribution in [2.75, 3.05) is 19.6 Å². The summed E-state index contributed by atoms with van der Waals surface area (Å²) in [6.07, 6.45) is 2.12. The van der Waals surface area contributed by atoms with Crippen LogP contribution < -0.4 is 5.32 Å². The molecule has 2 fully saturated rings. The number of hydrogen-bond donors (Lipinski definition) is 2. The quantitative estimate of drug-likeness (QED) is 0.673. The highest BCUT2D eigenvalue weighted by molar-refractivity contribution is 7.59. The number of likely N-dealkylation sites (tertiary alicyclic amines) is 1. The van der Waals surface area contributed by atoms with Crippen LogP contribution in [0.3, 0.4) is 0 Å². The molecule has 1 saturated carbocycles. The predicted molar refractivity (Wildman–Crippen MR) is 129 cm³/mol. The average molecular weight is 444 g/mol. The Kier molecular flexibility index (Phi) is 8.39. The van der Waals surface area contributed by atoms with Gasteiger partial charge in [0.1, 0.15) is 0 Å². The summed E-state index contributed by atoms with van der Waals surface area (Å²) in [5, 5.41) is 13.1. The maximum Gasteiger partial charge on any atom is 0.231 e. The Morgan fingerprint density at radius 3 is 2.53 bits per heavy atom. The van der Waals surface area contributed by atoms with E-state index in [0.29, 0.717) is 18.8 Å². The number of rotatable bonds is 6. The van der Waals surface area contributed by atoms with Crippen LogP contribution in [0.25, 0.3) is 4.85 Å². The highest BCUT2D eigenvalue weighted by Crippen LogP contribution is 2.49. The number of nitrogens with one attached hydrogen (secondary N) is 1. The molecule has 4 rings (SSSR count). The molecule has 2 N–H and O–H groups in total. The van der Waals surface area contributed by atoms with Gasteiger partial charge in [-0.3, -0.25) is 9.69 Å². The lowest BCUT2D eigenvalue weighted by atomic mass is 9.93. The van der Waals surface area contributed by atoms with Gasteiger partial charge >= 0.3 is 0 Å². The third kappa shape index (κ3) is 5.19. The van der Waals surface area contributed by atoms with Gasteiger partial charge in [0.15, 0.2) is 5.69 Å². The minimum absolute atomic E-state index is 0. The number of aliphatic hydroxyl groups is 1. The molecule has 1 amide bonds. The van der Waals surface area contributed by atoms with Gasteiger partial charge in [-0.2, -0.15) is 27.0 Å². The number of carbonyl (C=O) groups excluding carboxylic acids is 1. The first-order valence-electron chi connectivity index (χ1n) is 9.85. The molecule has 0 unspecified atom stereocenters. The number of hydrogen-bond acceptors (Lipinski definition) is 3. The second-order valence-electron chi connectivity index (χ2n) is 7.88. The Labute approximate surface area is 192 Å². The molecule has 5 nitrogen and oxygen atoms in total. The molecule has 0 aromatic heterocycles. The van der Waals surface area contributed by atoms with Crippen molar-refractivity contribution in [2.24, 2.45) is 0 Å². The number of nitrogens with zero attached hydrogens (tertiary/aromatic N) is 2. The summed E-state index contributed by atoms with van der Waals surface area (Å²) in [6, 6.07) is 17.3. The fourth-order valence-electron chi connectivity index (χ4n) is 4.10. The van der Waals surface area contributed by atoms with Crippen LogP contribution in [0.5, 0.6) is 0 Å². The van der Waals surface area contributed by atoms with Gasteiger partial charge in [-0.1, -0.05) is 54.6 Å². The maximum absolute atomic E-state index is 13.3. The first-order valence-corrected chi connectivity index (χ1v) is 9.85. The molecular weight excluding hydrogens is 414 g/mol. The van der Waals surface area contributed by atoms with Crippen LogP contribution in [0.2, 0.25) is 0 Å². The Morgan fingerprint density at radius 2 is 1.93 bits per heavy atom. The third-order valence-electron chi connectivity index (χ3n) is 5.91. The van der Waals surface area contributed by atoms with Gasteiger partial charge in [-0.25, -0.2) is 4.85 Å². The van der Waals surface area contributed by atoms with E-state index in [4.69, 9.17) is 6.57 Å². The van der Waals surface area contributed by atoms with Gasteiger partial charge in [0.05, 0.1) is 24.1 Å². The molecular formula is C23H29N3O2S2. The zero-order chi connectivity index (χ0) is 19.6. The molecule has 2 atom stereocenters. The monoisotopic (exact) mass is 443 g/mol. The van der Waals surface area contributed by atoms with E-state index in [1.54, 1.807) is 6.07 Å². The Hall–Kier alpha value is -1.98. The van der Waals surface area contributed by atoms with E-state index < -0.39 is 5.41 Å². The second-order valence-corrected chi connectivity index (χ2v) is 7.88. The van der Waals surface area contributed by atoms with Crippen LogP contribution in [0.15, 0.2) is 54.6 Å². The summed E-state index contributed by atoms with van der Waals surface area (Å²) in [7, 11) is 0. The van der Waals surface area contributed by atoms with Crippen molar-refractivity contribution in [2.45, 2.75) is 36.8 Å². The number of amides is 1. The molecule has 1 saturated heterocycles. The van der Waals surface area contributed by atoms with Crippen molar-refractivity contribution >= 4 is 38.6 Å². The van der Waals surface area contributed by atoms with Crippen LogP contribution in [0.1, 0.15) is 36.4 Å². The SMILES string of the molecule is S.S.[C-]#[N+]c1cccc(C2(C(=O)N[C@H](CN3CC[C@H](O)C3)c3ccccc3)CC2)c1. The van der Waals surface area contributed by atoms with E-state index in [-0.39, 0.29) is 45.0 Å². The number of β-amino-alcohol motifs (C(OH)–C–C–N with tert-alkyl or cyclic N) is 1. The minimum atomic E-state index is -0.516. The summed E-state index contributed by atoms with van der Waals surface area (Å²) in [4.78, 5) is 19.0. The minimum Gasteiger partial charge on any atom is -0.392 e. The van der Waals surface area contributed by atoms with Crippen molar-refractivity contribution in [1.82, 2.24) is 10.2 Å². The van der Waals surface area contributed by atoms with Gasteiger partial charge in [0.25, 0.3) is 0 Å². The molecule has 2 aliphatic rings. The Balaban J connectivity index is 0.00000160. The molecule has 2 aromatic carbocycles. The summed E-state index contributed by atoms with van der Waals surface area (Å²) < 4.78 is 0. The van der Waals surface area contributed by atoms with Crippen LogP contribution in [0, 0.1) is 6.57 Å². The molecule has 1 heterocycles. The number of aliphatic hydroxyl groups excluding tert-OH is 1. The first-order chi connectivity index (χ1) is 13.6. The maximum atomic E-state index is 13.3. The van der Waals surface area contributed by atoms with Crippen molar-refractivity contribution in [3.8, 4) is 0 Å². The smallest absolute Gasteiger partial charge is 0.231 e. The van der Waals surface area contributed by atoms with Gasteiger partial charge in [-0.15, -0.1) is 0 Å². The normalized spacial score (nSPS) is 20.2. The van der Waals surface area contributed by atoms with Gasteiger partial charge < -0.3 is 10.4 Å². The molecule has 1 aliphatic carbocycles. The molecule has 160 valence electrons. The summed E-state index contributed by atoms with van der Waals surface area (Å²) >= 11 is 0. The molecule has 0 radical (unpaired) electrons. The largest absolute Gasteiger partial charge is 0.392 e.